The Morgan fingerprint density at radius 1 is 1.54 bits per heavy atom. The molecule has 0 unspecified atom stereocenters. The largest absolute Gasteiger partial charge is 0.363 e. The van der Waals surface area contributed by atoms with E-state index < -0.39 is 0 Å². The van der Waals surface area contributed by atoms with Crippen molar-refractivity contribution in [2.45, 2.75) is 19.9 Å². The molecule has 0 radical (unpaired) electrons. The number of hydrogen-bond acceptors (Lipinski definition) is 5. The van der Waals surface area contributed by atoms with E-state index in [0.29, 0.717) is 10.00 Å². The molecule has 0 aromatic carbocycles. The number of hydrogen-bond donors (Lipinski definition) is 0. The van der Waals surface area contributed by atoms with Crippen molar-refractivity contribution in [1.29, 1.82) is 0 Å². The van der Waals surface area contributed by atoms with Crippen LogP contribution in [0.25, 0.3) is 0 Å². The predicted octanol–water partition coefficient (Wildman–Crippen LogP) is 2.93. The van der Waals surface area contributed by atoms with Crippen LogP contribution in [-0.4, -0.2) is 29.3 Å². The van der Waals surface area contributed by atoms with Crippen LogP contribution in [-0.2, 0) is 0 Å². The zero-order valence-corrected chi connectivity index (χ0v) is 10.2. The third-order valence-corrected chi connectivity index (χ3v) is 4.03. The van der Waals surface area contributed by atoms with Crippen LogP contribution >= 0.6 is 32.9 Å². The van der Waals surface area contributed by atoms with Gasteiger partial charge in [0.15, 0.2) is 3.95 Å². The van der Waals surface area contributed by atoms with Crippen LogP contribution in [0.1, 0.15) is 13.8 Å². The first kappa shape index (κ1) is 10.7. The van der Waals surface area contributed by atoms with E-state index in [0.717, 1.165) is 5.13 Å². The summed E-state index contributed by atoms with van der Waals surface area (Å²) in [6.45, 7) is 4.21. The first-order valence-corrected chi connectivity index (χ1v) is 6.38. The van der Waals surface area contributed by atoms with Gasteiger partial charge in [0.25, 0.3) is 0 Å². The fourth-order valence-electron chi connectivity index (χ4n) is 0.512. The molecular formula is C7H11N3S3. The van der Waals surface area contributed by atoms with E-state index in [2.05, 4.69) is 23.8 Å². The summed E-state index contributed by atoms with van der Waals surface area (Å²) in [4.78, 5) is 10.3. The smallest absolute Gasteiger partial charge is 0.222 e. The molecule has 1 aromatic rings. The topological polar surface area (TPSA) is 28.5 Å². The molecule has 0 aliphatic carbocycles. The lowest BCUT2D eigenvalue weighted by molar-refractivity contribution is 0.429. The number of rotatable bonds is 3. The van der Waals surface area contributed by atoms with Crippen molar-refractivity contribution >= 4 is 44.4 Å². The lowest BCUT2D eigenvalue weighted by atomic mass is 10.4. The number of nitrogens with zero attached hydrogens (tertiary/aromatic N) is 3. The molecule has 0 bridgehead atoms. The molecule has 3 nitrogen and oxygen atoms in total. The van der Waals surface area contributed by atoms with E-state index in [4.69, 9.17) is 12.2 Å². The maximum Gasteiger partial charge on any atom is 0.222 e. The van der Waals surface area contributed by atoms with E-state index in [1.54, 1.807) is 6.34 Å². The monoisotopic (exact) mass is 233 g/mol. The second kappa shape index (κ2) is 4.78. The summed E-state index contributed by atoms with van der Waals surface area (Å²) in [7, 11) is 4.97. The van der Waals surface area contributed by atoms with Gasteiger partial charge in [-0.05, 0) is 46.7 Å². The Labute approximate surface area is 90.2 Å². The highest BCUT2D eigenvalue weighted by atomic mass is 32.9. The quantitative estimate of drug-likeness (QED) is 0.348. The van der Waals surface area contributed by atoms with E-state index >= 15 is 0 Å². The maximum atomic E-state index is 4.89. The highest BCUT2D eigenvalue weighted by Gasteiger charge is 1.98. The summed E-state index contributed by atoms with van der Waals surface area (Å²) in [5.41, 5.74) is 0. The van der Waals surface area contributed by atoms with Gasteiger partial charge < -0.3 is 4.90 Å². The molecule has 1 rings (SSSR count). The minimum Gasteiger partial charge on any atom is -0.363 e. The summed E-state index contributed by atoms with van der Waals surface area (Å²) in [5.74, 6) is 0. The van der Waals surface area contributed by atoms with Gasteiger partial charge in [-0.3, -0.25) is 0 Å². The van der Waals surface area contributed by atoms with Crippen LogP contribution in [0.5, 0.6) is 0 Å². The Morgan fingerprint density at radius 3 is 2.69 bits per heavy atom. The van der Waals surface area contributed by atoms with Gasteiger partial charge in [0.2, 0.25) is 5.13 Å². The van der Waals surface area contributed by atoms with Crippen LogP contribution in [0, 0.1) is 3.95 Å². The van der Waals surface area contributed by atoms with E-state index in [1.807, 2.05) is 11.9 Å². The average Bonchev–Trinajstić information content (AvgIpc) is 2.47. The Balaban J connectivity index is 2.63. The fourth-order valence-corrected chi connectivity index (χ4v) is 2.30. The van der Waals surface area contributed by atoms with Crippen LogP contribution in [0.2, 0.25) is 0 Å². The highest BCUT2D eigenvalue weighted by Crippen LogP contribution is 2.21. The Hall–Kier alpha value is -0.330. The molecule has 0 amide bonds. The van der Waals surface area contributed by atoms with Crippen LogP contribution in [0.3, 0.4) is 0 Å². The zero-order chi connectivity index (χ0) is 9.84. The SMILES string of the molecule is CC(C)N(C)/C=N/c1nc(=S)ss1. The molecule has 72 valence electrons. The molecule has 1 heterocycles. The lowest BCUT2D eigenvalue weighted by Crippen LogP contribution is -2.24. The molecule has 1 aromatic heterocycles. The Bertz CT molecular complexity index is 339. The number of aromatic nitrogens is 1. The molecular weight excluding hydrogens is 222 g/mol. The Morgan fingerprint density at radius 2 is 2.23 bits per heavy atom. The summed E-state index contributed by atoms with van der Waals surface area (Å²) < 4.78 is 0.657. The van der Waals surface area contributed by atoms with Crippen LogP contribution in [0.15, 0.2) is 4.99 Å². The van der Waals surface area contributed by atoms with Gasteiger partial charge >= 0.3 is 0 Å². The Kier molecular flexibility index (Phi) is 3.95. The van der Waals surface area contributed by atoms with Gasteiger partial charge in [0.05, 0.1) is 6.34 Å². The average molecular weight is 233 g/mol. The second-order valence-corrected chi connectivity index (χ2v) is 5.56. The lowest BCUT2D eigenvalue weighted by Gasteiger charge is -2.16. The molecule has 0 fully saturated rings. The van der Waals surface area contributed by atoms with Crippen LogP contribution < -0.4 is 0 Å². The summed E-state index contributed by atoms with van der Waals surface area (Å²) in [6, 6.07) is 0.454. The van der Waals surface area contributed by atoms with E-state index in [9.17, 15) is 0 Å². The van der Waals surface area contributed by atoms with Crippen molar-refractivity contribution in [3.05, 3.63) is 3.95 Å². The molecule has 0 atom stereocenters. The molecule has 0 N–H and O–H groups in total. The van der Waals surface area contributed by atoms with E-state index in [1.165, 1.54) is 20.7 Å². The first-order chi connectivity index (χ1) is 6.09. The summed E-state index contributed by atoms with van der Waals surface area (Å²) >= 11 is 4.89. The van der Waals surface area contributed by atoms with Crippen LogP contribution in [0.4, 0.5) is 5.13 Å². The van der Waals surface area contributed by atoms with Crippen molar-refractivity contribution in [3.8, 4) is 0 Å². The normalized spacial score (nSPS) is 11.4. The third-order valence-electron chi connectivity index (χ3n) is 1.54. The van der Waals surface area contributed by atoms with Gasteiger partial charge in [-0.15, -0.1) is 0 Å². The van der Waals surface area contributed by atoms with Gasteiger partial charge in [-0.25, -0.2) is 4.99 Å². The van der Waals surface area contributed by atoms with Crippen molar-refractivity contribution < 1.29 is 0 Å². The van der Waals surface area contributed by atoms with Crippen molar-refractivity contribution in [2.75, 3.05) is 7.05 Å². The van der Waals surface area contributed by atoms with Crippen molar-refractivity contribution in [2.24, 2.45) is 4.99 Å². The first-order valence-electron chi connectivity index (χ1n) is 3.83. The summed E-state index contributed by atoms with van der Waals surface area (Å²) in [6.07, 6.45) is 1.78. The standard InChI is InChI=1S/C7H11N3S3/c1-5(2)10(3)4-8-6-9-7(11)13-12-6/h4-5H,1-3H3/b8-4+. The van der Waals surface area contributed by atoms with Crippen molar-refractivity contribution in [1.82, 2.24) is 9.88 Å². The molecule has 6 heteroatoms. The molecule has 13 heavy (non-hydrogen) atoms. The summed E-state index contributed by atoms with van der Waals surface area (Å²) in [5, 5.41) is 0.738. The molecule has 0 aliphatic heterocycles. The second-order valence-electron chi connectivity index (χ2n) is 2.83. The molecule has 0 aliphatic rings. The van der Waals surface area contributed by atoms with Gasteiger partial charge in [0.1, 0.15) is 0 Å². The zero-order valence-electron chi connectivity index (χ0n) is 7.72. The third kappa shape index (κ3) is 3.50. The van der Waals surface area contributed by atoms with E-state index in [-0.39, 0.29) is 0 Å². The maximum absolute atomic E-state index is 4.89. The van der Waals surface area contributed by atoms with Gasteiger partial charge in [-0.1, -0.05) is 0 Å². The van der Waals surface area contributed by atoms with Gasteiger partial charge in [-0.2, -0.15) is 4.98 Å². The molecule has 0 saturated carbocycles. The number of aliphatic imine (C=N–C) groups is 1. The minimum absolute atomic E-state index is 0.454. The molecule has 0 saturated heterocycles. The van der Waals surface area contributed by atoms with Crippen molar-refractivity contribution in [3.63, 3.8) is 0 Å². The van der Waals surface area contributed by atoms with Gasteiger partial charge in [0, 0.05) is 13.1 Å². The minimum atomic E-state index is 0.454. The predicted molar refractivity (Wildman–Crippen MR) is 61.9 cm³/mol. The molecule has 0 spiro atoms. The highest BCUT2D eigenvalue weighted by molar-refractivity contribution is 7.79. The fraction of sp³-hybridized carbons (Fsp3) is 0.571.